The number of H-pyrrole nitrogens is 1. The van der Waals surface area contributed by atoms with E-state index in [-0.39, 0.29) is 11.7 Å². The number of aryl methyl sites for hydroxylation is 1. The summed E-state index contributed by atoms with van der Waals surface area (Å²) in [4.78, 5) is 26.2. The van der Waals surface area contributed by atoms with Gasteiger partial charge in [-0.15, -0.1) is 0 Å². The predicted molar refractivity (Wildman–Crippen MR) is 98.1 cm³/mol. The zero-order chi connectivity index (χ0) is 18.1. The lowest BCUT2D eigenvalue weighted by atomic mass is 10.1. The number of aromatic amines is 1. The molecule has 3 aromatic rings. The van der Waals surface area contributed by atoms with Crippen LogP contribution in [0.4, 0.5) is 16.0 Å². The Bertz CT molecular complexity index is 946. The lowest BCUT2D eigenvalue weighted by Crippen LogP contribution is -2.44. The quantitative estimate of drug-likeness (QED) is 0.670. The number of piperazine rings is 1. The van der Waals surface area contributed by atoms with Crippen LogP contribution in [0.15, 0.2) is 30.6 Å². The Balaban J connectivity index is 1.50. The zero-order valence-corrected chi connectivity index (χ0v) is 14.3. The second kappa shape index (κ2) is 6.72. The van der Waals surface area contributed by atoms with Gasteiger partial charge in [-0.3, -0.25) is 4.79 Å². The number of fused-ring (bicyclic) bond motifs is 1. The lowest BCUT2D eigenvalue weighted by molar-refractivity contribution is 0.102. The first-order chi connectivity index (χ1) is 12.6. The molecular weight excluding hydrogens is 335 g/mol. The molecule has 0 bridgehead atoms. The third-order valence-electron chi connectivity index (χ3n) is 4.45. The first-order valence-electron chi connectivity index (χ1n) is 8.48. The highest BCUT2D eigenvalue weighted by atomic mass is 19.1. The molecule has 1 aromatic carbocycles. The number of rotatable bonds is 3. The molecule has 0 radical (unpaired) electrons. The van der Waals surface area contributed by atoms with E-state index < -0.39 is 0 Å². The van der Waals surface area contributed by atoms with Gasteiger partial charge in [-0.2, -0.15) is 0 Å². The second-order valence-corrected chi connectivity index (χ2v) is 6.33. The van der Waals surface area contributed by atoms with Crippen molar-refractivity contribution in [1.29, 1.82) is 0 Å². The first-order valence-corrected chi connectivity index (χ1v) is 8.48. The molecule has 1 aliphatic rings. The van der Waals surface area contributed by atoms with Crippen LogP contribution in [-0.4, -0.2) is 47.0 Å². The Morgan fingerprint density at radius 2 is 1.92 bits per heavy atom. The SMILES string of the molecule is Cc1cc(F)cc2[nH]c(C(=O)Nc3cnc(N4CCNCC4)nc3)cc12. The van der Waals surface area contributed by atoms with E-state index in [1.165, 1.54) is 12.1 Å². The first kappa shape index (κ1) is 16.5. The molecule has 0 unspecified atom stereocenters. The molecule has 1 saturated heterocycles. The average Bonchev–Trinajstić information content (AvgIpc) is 3.08. The van der Waals surface area contributed by atoms with E-state index in [9.17, 15) is 9.18 Å². The molecule has 1 aliphatic heterocycles. The minimum Gasteiger partial charge on any atom is -0.350 e. The summed E-state index contributed by atoms with van der Waals surface area (Å²) in [5.41, 5.74) is 2.24. The summed E-state index contributed by atoms with van der Waals surface area (Å²) in [5.74, 6) is 0.00134. The van der Waals surface area contributed by atoms with Crippen LogP contribution in [0.3, 0.4) is 0 Å². The number of carbonyl (C=O) groups is 1. The van der Waals surface area contributed by atoms with Gasteiger partial charge >= 0.3 is 0 Å². The van der Waals surface area contributed by atoms with Crippen LogP contribution in [0.1, 0.15) is 16.1 Å². The van der Waals surface area contributed by atoms with Gasteiger partial charge in [0.2, 0.25) is 5.95 Å². The van der Waals surface area contributed by atoms with Crippen molar-refractivity contribution >= 4 is 28.4 Å². The van der Waals surface area contributed by atoms with Crippen LogP contribution >= 0.6 is 0 Å². The maximum absolute atomic E-state index is 13.5. The highest BCUT2D eigenvalue weighted by Gasteiger charge is 2.15. The molecule has 134 valence electrons. The van der Waals surface area contributed by atoms with Crippen LogP contribution in [-0.2, 0) is 0 Å². The normalized spacial score (nSPS) is 14.6. The van der Waals surface area contributed by atoms with Gasteiger partial charge < -0.3 is 20.5 Å². The molecular formula is C18H19FN6O. The molecule has 3 heterocycles. The van der Waals surface area contributed by atoms with Crippen molar-refractivity contribution in [3.05, 3.63) is 47.7 Å². The molecule has 3 N–H and O–H groups in total. The summed E-state index contributed by atoms with van der Waals surface area (Å²) >= 11 is 0. The maximum Gasteiger partial charge on any atom is 0.272 e. The zero-order valence-electron chi connectivity index (χ0n) is 14.3. The Morgan fingerprint density at radius 3 is 2.65 bits per heavy atom. The molecule has 7 nitrogen and oxygen atoms in total. The molecule has 1 fully saturated rings. The number of aromatic nitrogens is 3. The van der Waals surface area contributed by atoms with Crippen LogP contribution < -0.4 is 15.5 Å². The summed E-state index contributed by atoms with van der Waals surface area (Å²) in [5, 5.41) is 6.86. The fourth-order valence-electron chi connectivity index (χ4n) is 3.11. The Labute approximate surface area is 149 Å². The highest BCUT2D eigenvalue weighted by Crippen LogP contribution is 2.22. The summed E-state index contributed by atoms with van der Waals surface area (Å²) in [6.45, 7) is 5.33. The number of amides is 1. The minimum absolute atomic E-state index is 0.320. The average molecular weight is 354 g/mol. The van der Waals surface area contributed by atoms with E-state index in [0.29, 0.717) is 22.8 Å². The fourth-order valence-corrected chi connectivity index (χ4v) is 3.11. The molecule has 0 atom stereocenters. The predicted octanol–water partition coefficient (Wildman–Crippen LogP) is 2.07. The van der Waals surface area contributed by atoms with Crippen molar-refractivity contribution in [2.75, 3.05) is 36.4 Å². The van der Waals surface area contributed by atoms with Gasteiger partial charge in [0.1, 0.15) is 11.5 Å². The van der Waals surface area contributed by atoms with E-state index in [4.69, 9.17) is 0 Å². The van der Waals surface area contributed by atoms with Crippen LogP contribution in [0.5, 0.6) is 0 Å². The van der Waals surface area contributed by atoms with Crippen LogP contribution in [0, 0.1) is 12.7 Å². The van der Waals surface area contributed by atoms with Crippen molar-refractivity contribution in [2.24, 2.45) is 0 Å². The number of halogens is 1. The largest absolute Gasteiger partial charge is 0.350 e. The van der Waals surface area contributed by atoms with Crippen molar-refractivity contribution in [3.8, 4) is 0 Å². The smallest absolute Gasteiger partial charge is 0.272 e. The van der Waals surface area contributed by atoms with Crippen LogP contribution in [0.25, 0.3) is 10.9 Å². The van der Waals surface area contributed by atoms with Gasteiger partial charge in [0.15, 0.2) is 0 Å². The Morgan fingerprint density at radius 1 is 1.19 bits per heavy atom. The van der Waals surface area contributed by atoms with E-state index in [1.807, 2.05) is 6.92 Å². The third-order valence-corrected chi connectivity index (χ3v) is 4.45. The summed E-state index contributed by atoms with van der Waals surface area (Å²) in [6.07, 6.45) is 3.19. The molecule has 0 spiro atoms. The number of hydrogen-bond donors (Lipinski definition) is 3. The monoisotopic (exact) mass is 354 g/mol. The van der Waals surface area contributed by atoms with E-state index in [2.05, 4.69) is 30.5 Å². The Kier molecular flexibility index (Phi) is 4.26. The topological polar surface area (TPSA) is 85.9 Å². The summed E-state index contributed by atoms with van der Waals surface area (Å²) in [6, 6.07) is 4.54. The number of hydrogen-bond acceptors (Lipinski definition) is 5. The highest BCUT2D eigenvalue weighted by molar-refractivity contribution is 6.06. The van der Waals surface area contributed by atoms with Crippen molar-refractivity contribution in [1.82, 2.24) is 20.3 Å². The fraction of sp³-hybridized carbons (Fsp3) is 0.278. The second-order valence-electron chi connectivity index (χ2n) is 6.33. The molecule has 1 amide bonds. The summed E-state index contributed by atoms with van der Waals surface area (Å²) < 4.78 is 13.5. The standard InChI is InChI=1S/C18H19FN6O/c1-11-6-12(19)7-15-14(11)8-16(24-15)17(26)23-13-9-21-18(22-10-13)25-4-2-20-3-5-25/h6-10,20,24H,2-5H2,1H3,(H,23,26). The van der Waals surface area contributed by atoms with E-state index >= 15 is 0 Å². The van der Waals surface area contributed by atoms with Gasteiger partial charge in [-0.25, -0.2) is 14.4 Å². The number of carbonyl (C=O) groups excluding carboxylic acids is 1. The summed E-state index contributed by atoms with van der Waals surface area (Å²) in [7, 11) is 0. The third kappa shape index (κ3) is 3.23. The number of nitrogens with one attached hydrogen (secondary N) is 3. The lowest BCUT2D eigenvalue weighted by Gasteiger charge is -2.27. The molecule has 26 heavy (non-hydrogen) atoms. The molecule has 8 heteroatoms. The number of nitrogens with zero attached hydrogens (tertiary/aromatic N) is 3. The van der Waals surface area contributed by atoms with Gasteiger partial charge in [-0.05, 0) is 30.7 Å². The van der Waals surface area contributed by atoms with Crippen molar-refractivity contribution in [2.45, 2.75) is 6.92 Å². The molecule has 2 aromatic heterocycles. The van der Waals surface area contributed by atoms with Gasteiger partial charge in [-0.1, -0.05) is 0 Å². The number of benzene rings is 1. The van der Waals surface area contributed by atoms with Crippen molar-refractivity contribution in [3.63, 3.8) is 0 Å². The van der Waals surface area contributed by atoms with Crippen molar-refractivity contribution < 1.29 is 9.18 Å². The van der Waals surface area contributed by atoms with Gasteiger partial charge in [0.05, 0.1) is 18.1 Å². The van der Waals surface area contributed by atoms with Crippen LogP contribution in [0.2, 0.25) is 0 Å². The maximum atomic E-state index is 13.5. The minimum atomic E-state index is -0.333. The molecule has 0 saturated carbocycles. The van der Waals surface area contributed by atoms with Gasteiger partial charge in [0, 0.05) is 37.1 Å². The van der Waals surface area contributed by atoms with Gasteiger partial charge in [0.25, 0.3) is 5.91 Å². The molecule has 4 rings (SSSR count). The van der Waals surface area contributed by atoms with E-state index in [1.54, 1.807) is 18.5 Å². The Hall–Kier alpha value is -3.00. The number of anilines is 2. The van der Waals surface area contributed by atoms with E-state index in [0.717, 1.165) is 37.1 Å². The molecule has 0 aliphatic carbocycles.